The largest absolute Gasteiger partial charge is 0.450 e. The molecule has 0 aliphatic carbocycles. The van der Waals surface area contributed by atoms with Gasteiger partial charge in [0.05, 0.1) is 6.61 Å². The normalized spacial score (nSPS) is 13.0. The second kappa shape index (κ2) is 6.53. The van der Waals surface area contributed by atoms with Crippen molar-refractivity contribution >= 4 is 17.7 Å². The van der Waals surface area contributed by atoms with Crippen molar-refractivity contribution in [3.05, 3.63) is 0 Å². The molecular formula is C11H13F6NO4. The molecule has 0 aromatic carbocycles. The van der Waals surface area contributed by atoms with Gasteiger partial charge in [0.2, 0.25) is 0 Å². The molecule has 0 heterocycles. The molecule has 0 aliphatic heterocycles. The van der Waals surface area contributed by atoms with Crippen LogP contribution in [0.1, 0.15) is 20.8 Å². The summed E-state index contributed by atoms with van der Waals surface area (Å²) >= 11 is 0. The van der Waals surface area contributed by atoms with Crippen LogP contribution >= 0.6 is 0 Å². The van der Waals surface area contributed by atoms with Crippen LogP contribution in [-0.4, -0.2) is 42.2 Å². The standard InChI is InChI=1S/C11H13F6NO4/c1-4-22-8(21)18-9(10(12,13)14,11(15,16)17)7(5(2)19)6(3)20/h7H,4H2,1-3H3,(H,18,21). The summed E-state index contributed by atoms with van der Waals surface area (Å²) in [4.78, 5) is 33.6. The smallest absolute Gasteiger partial charge is 0.421 e. The van der Waals surface area contributed by atoms with Crippen LogP contribution in [0, 0.1) is 5.92 Å². The molecule has 0 saturated heterocycles. The Hall–Kier alpha value is -1.81. The fourth-order valence-electron chi connectivity index (χ4n) is 1.93. The third kappa shape index (κ3) is 3.69. The van der Waals surface area contributed by atoms with Crippen molar-refractivity contribution in [2.45, 2.75) is 38.7 Å². The van der Waals surface area contributed by atoms with Gasteiger partial charge in [-0.1, -0.05) is 0 Å². The van der Waals surface area contributed by atoms with Crippen molar-refractivity contribution in [3.63, 3.8) is 0 Å². The molecule has 0 radical (unpaired) electrons. The molecule has 0 bridgehead atoms. The summed E-state index contributed by atoms with van der Waals surface area (Å²) < 4.78 is 82.9. The monoisotopic (exact) mass is 337 g/mol. The third-order valence-electron chi connectivity index (χ3n) is 2.72. The van der Waals surface area contributed by atoms with Crippen LogP contribution in [0.15, 0.2) is 0 Å². The highest BCUT2D eigenvalue weighted by Gasteiger charge is 2.77. The Morgan fingerprint density at radius 1 is 0.955 bits per heavy atom. The fourth-order valence-corrected chi connectivity index (χ4v) is 1.93. The Labute approximate surface area is 121 Å². The van der Waals surface area contributed by atoms with E-state index in [1.54, 1.807) is 0 Å². The van der Waals surface area contributed by atoms with Gasteiger partial charge in [0.1, 0.15) is 17.5 Å². The van der Waals surface area contributed by atoms with Gasteiger partial charge in [-0.2, -0.15) is 26.3 Å². The van der Waals surface area contributed by atoms with Crippen molar-refractivity contribution < 1.29 is 45.5 Å². The Morgan fingerprint density at radius 3 is 1.55 bits per heavy atom. The van der Waals surface area contributed by atoms with Crippen LogP contribution in [0.3, 0.4) is 0 Å². The van der Waals surface area contributed by atoms with E-state index in [0.29, 0.717) is 19.2 Å². The van der Waals surface area contributed by atoms with Crippen LogP contribution in [0.25, 0.3) is 0 Å². The number of hydrogen-bond acceptors (Lipinski definition) is 4. The molecule has 0 unspecified atom stereocenters. The molecule has 1 amide bonds. The summed E-state index contributed by atoms with van der Waals surface area (Å²) in [5, 5.41) is 0.621. The van der Waals surface area contributed by atoms with Gasteiger partial charge in [-0.25, -0.2) is 4.79 Å². The number of alkyl halides is 6. The first-order chi connectivity index (χ1) is 9.72. The van der Waals surface area contributed by atoms with Gasteiger partial charge >= 0.3 is 18.4 Å². The molecule has 0 atom stereocenters. The fraction of sp³-hybridized carbons (Fsp3) is 0.727. The molecule has 1 N–H and O–H groups in total. The number of Topliss-reactive ketones (excluding diaryl/α,β-unsaturated/α-hetero) is 2. The quantitative estimate of drug-likeness (QED) is 0.618. The summed E-state index contributed by atoms with van der Waals surface area (Å²) in [6, 6.07) is 0. The number of nitrogens with one attached hydrogen (secondary N) is 1. The Balaban J connectivity index is 6.40. The molecule has 22 heavy (non-hydrogen) atoms. The van der Waals surface area contributed by atoms with Gasteiger partial charge in [-0.3, -0.25) is 14.9 Å². The molecule has 0 aromatic heterocycles. The van der Waals surface area contributed by atoms with E-state index < -0.39 is 48.1 Å². The molecular weight excluding hydrogens is 324 g/mol. The average Bonchev–Trinajstić information content (AvgIpc) is 2.23. The molecule has 0 aliphatic rings. The third-order valence-corrected chi connectivity index (χ3v) is 2.72. The van der Waals surface area contributed by atoms with Crippen molar-refractivity contribution in [1.29, 1.82) is 0 Å². The highest BCUT2D eigenvalue weighted by Crippen LogP contribution is 2.48. The highest BCUT2D eigenvalue weighted by molar-refractivity contribution is 6.02. The van der Waals surface area contributed by atoms with Gasteiger partial charge in [0.15, 0.2) is 0 Å². The van der Waals surface area contributed by atoms with Crippen LogP contribution in [0.2, 0.25) is 0 Å². The number of carbonyl (C=O) groups is 3. The first-order valence-electron chi connectivity index (χ1n) is 5.81. The first kappa shape index (κ1) is 20.2. The zero-order valence-corrected chi connectivity index (χ0v) is 11.7. The van der Waals surface area contributed by atoms with Crippen LogP contribution < -0.4 is 5.32 Å². The predicted octanol–water partition coefficient (Wildman–Crippen LogP) is 2.39. The molecule has 5 nitrogen and oxygen atoms in total. The first-order valence-corrected chi connectivity index (χ1v) is 5.81. The zero-order chi connectivity index (χ0) is 17.9. The summed E-state index contributed by atoms with van der Waals surface area (Å²) in [6.45, 7) is 1.43. The molecule has 0 aromatic rings. The highest BCUT2D eigenvalue weighted by atomic mass is 19.4. The lowest BCUT2D eigenvalue weighted by Crippen LogP contribution is -2.73. The number of ether oxygens (including phenoxy) is 1. The Kier molecular flexibility index (Phi) is 5.99. The van der Waals surface area contributed by atoms with E-state index in [9.17, 15) is 40.7 Å². The van der Waals surface area contributed by atoms with Crippen molar-refractivity contribution in [1.82, 2.24) is 5.32 Å². The van der Waals surface area contributed by atoms with Crippen LogP contribution in [0.4, 0.5) is 31.1 Å². The topological polar surface area (TPSA) is 72.5 Å². The number of alkyl carbamates (subject to hydrolysis) is 1. The summed E-state index contributed by atoms with van der Waals surface area (Å²) in [5.41, 5.74) is -5.07. The van der Waals surface area contributed by atoms with E-state index in [2.05, 4.69) is 4.74 Å². The molecule has 0 rings (SSSR count). The molecule has 11 heteroatoms. The van der Waals surface area contributed by atoms with Gasteiger partial charge in [-0.05, 0) is 20.8 Å². The minimum Gasteiger partial charge on any atom is -0.450 e. The minimum atomic E-state index is -6.17. The molecule has 0 spiro atoms. The number of rotatable bonds is 5. The average molecular weight is 337 g/mol. The van der Waals surface area contributed by atoms with Crippen molar-refractivity contribution in [2.24, 2.45) is 5.92 Å². The lowest BCUT2D eigenvalue weighted by atomic mass is 9.77. The predicted molar refractivity (Wildman–Crippen MR) is 59.9 cm³/mol. The van der Waals surface area contributed by atoms with Crippen LogP contribution in [-0.2, 0) is 14.3 Å². The number of halogens is 6. The van der Waals surface area contributed by atoms with Gasteiger partial charge in [0.25, 0.3) is 5.54 Å². The number of carbonyl (C=O) groups excluding carboxylic acids is 3. The van der Waals surface area contributed by atoms with Crippen molar-refractivity contribution in [2.75, 3.05) is 6.61 Å². The lowest BCUT2D eigenvalue weighted by molar-refractivity contribution is -0.314. The van der Waals surface area contributed by atoms with Crippen LogP contribution in [0.5, 0.6) is 0 Å². The molecule has 0 saturated carbocycles. The number of ketones is 2. The summed E-state index contributed by atoms with van der Waals surface area (Å²) in [7, 11) is 0. The lowest BCUT2D eigenvalue weighted by Gasteiger charge is -2.40. The van der Waals surface area contributed by atoms with E-state index in [-0.39, 0.29) is 0 Å². The Morgan fingerprint density at radius 2 is 1.32 bits per heavy atom. The molecule has 0 fully saturated rings. The van der Waals surface area contributed by atoms with E-state index in [4.69, 9.17) is 0 Å². The van der Waals surface area contributed by atoms with E-state index in [1.807, 2.05) is 0 Å². The Bertz CT molecular complexity index is 428. The summed E-state index contributed by atoms with van der Waals surface area (Å²) in [6.07, 6.45) is -14.4. The summed E-state index contributed by atoms with van der Waals surface area (Å²) in [5.74, 6) is -6.57. The van der Waals surface area contributed by atoms with E-state index >= 15 is 0 Å². The van der Waals surface area contributed by atoms with Gasteiger partial charge in [0, 0.05) is 0 Å². The molecule has 128 valence electrons. The van der Waals surface area contributed by atoms with E-state index in [0.717, 1.165) is 6.92 Å². The maximum absolute atomic E-state index is 13.1. The maximum atomic E-state index is 13.1. The van der Waals surface area contributed by atoms with Gasteiger partial charge in [-0.15, -0.1) is 0 Å². The number of amides is 1. The maximum Gasteiger partial charge on any atom is 0.421 e. The SMILES string of the molecule is CCOC(=O)NC(C(C(C)=O)C(C)=O)(C(F)(F)F)C(F)(F)F. The van der Waals surface area contributed by atoms with E-state index in [1.165, 1.54) is 0 Å². The number of hydrogen-bond donors (Lipinski definition) is 1. The second-order valence-corrected chi connectivity index (χ2v) is 4.30. The second-order valence-electron chi connectivity index (χ2n) is 4.30. The zero-order valence-electron chi connectivity index (χ0n) is 11.7. The van der Waals surface area contributed by atoms with Gasteiger partial charge < -0.3 is 4.74 Å². The van der Waals surface area contributed by atoms with Crippen molar-refractivity contribution in [3.8, 4) is 0 Å². The minimum absolute atomic E-state index is 0.394.